The lowest BCUT2D eigenvalue weighted by Gasteiger charge is -2.22. The SMILES string of the molecule is CC(C)(C)CNc1c(C#N)cnc2c(Cl)cc(NC(c3ccc(F)cc3)c3cn(CC(F)F)nn3)cc12. The van der Waals surface area contributed by atoms with Gasteiger partial charge in [-0.1, -0.05) is 49.7 Å². The first-order valence-electron chi connectivity index (χ1n) is 11.5. The van der Waals surface area contributed by atoms with Crippen LogP contribution < -0.4 is 10.6 Å². The number of pyridine rings is 1. The van der Waals surface area contributed by atoms with Crippen LogP contribution in [0.1, 0.15) is 43.6 Å². The summed E-state index contributed by atoms with van der Waals surface area (Å²) < 4.78 is 40.4. The highest BCUT2D eigenvalue weighted by Gasteiger charge is 2.21. The Hall–Kier alpha value is -3.84. The van der Waals surface area contributed by atoms with Crippen molar-refractivity contribution in [3.63, 3.8) is 0 Å². The van der Waals surface area contributed by atoms with E-state index in [1.807, 2.05) is 0 Å². The fourth-order valence-electron chi connectivity index (χ4n) is 3.80. The molecule has 0 aliphatic rings. The van der Waals surface area contributed by atoms with Gasteiger partial charge in [0.25, 0.3) is 6.43 Å². The number of hydrogen-bond donors (Lipinski definition) is 2. The van der Waals surface area contributed by atoms with Gasteiger partial charge in [-0.15, -0.1) is 5.10 Å². The molecule has 0 aliphatic heterocycles. The molecule has 0 amide bonds. The summed E-state index contributed by atoms with van der Waals surface area (Å²) in [5.74, 6) is -0.415. The molecule has 0 spiro atoms. The number of halogens is 4. The number of nitrogens with one attached hydrogen (secondary N) is 2. The highest BCUT2D eigenvalue weighted by atomic mass is 35.5. The molecular formula is C26H25ClF3N7. The summed E-state index contributed by atoms with van der Waals surface area (Å²) in [5, 5.41) is 25.2. The van der Waals surface area contributed by atoms with E-state index in [-0.39, 0.29) is 5.41 Å². The monoisotopic (exact) mass is 527 g/mol. The van der Waals surface area contributed by atoms with Crippen LogP contribution in [-0.4, -0.2) is 32.9 Å². The smallest absolute Gasteiger partial charge is 0.257 e. The standard InChI is InChI=1S/C26H25ClF3N7/c1-26(2,3)14-33-23-16(10-31)11-32-25-19(23)8-18(9-20(25)27)34-24(15-4-6-17(28)7-5-15)21-12-37(36-35-21)13-22(29)30/h4-9,11-12,22,24,34H,13-14H2,1-3H3,(H,32,33). The van der Waals surface area contributed by atoms with E-state index in [1.165, 1.54) is 24.5 Å². The van der Waals surface area contributed by atoms with Crippen LogP contribution in [-0.2, 0) is 6.54 Å². The van der Waals surface area contributed by atoms with Crippen LogP contribution >= 0.6 is 11.6 Å². The van der Waals surface area contributed by atoms with Gasteiger partial charge in [0.1, 0.15) is 24.1 Å². The minimum absolute atomic E-state index is 0.0558. The predicted octanol–water partition coefficient (Wildman–Crippen LogP) is 6.42. The van der Waals surface area contributed by atoms with Crippen molar-refractivity contribution < 1.29 is 13.2 Å². The first-order valence-corrected chi connectivity index (χ1v) is 11.9. The molecular weight excluding hydrogens is 503 g/mol. The second-order valence-electron chi connectivity index (χ2n) is 9.81. The minimum atomic E-state index is -2.59. The molecule has 4 rings (SSSR count). The molecule has 11 heteroatoms. The maximum Gasteiger partial charge on any atom is 0.257 e. The number of anilines is 2. The van der Waals surface area contributed by atoms with Crippen molar-refractivity contribution in [3.8, 4) is 6.07 Å². The van der Waals surface area contributed by atoms with Crippen molar-refractivity contribution in [3.05, 3.63) is 76.5 Å². The lowest BCUT2D eigenvalue weighted by Crippen LogP contribution is -2.20. The first kappa shape index (κ1) is 26.2. The van der Waals surface area contributed by atoms with Crippen LogP contribution in [0.3, 0.4) is 0 Å². The molecule has 0 saturated carbocycles. The maximum absolute atomic E-state index is 13.6. The van der Waals surface area contributed by atoms with Crippen LogP contribution in [0.2, 0.25) is 5.02 Å². The van der Waals surface area contributed by atoms with E-state index in [9.17, 15) is 18.4 Å². The Morgan fingerprint density at radius 3 is 2.54 bits per heavy atom. The Kier molecular flexibility index (Phi) is 7.55. The summed E-state index contributed by atoms with van der Waals surface area (Å²) in [7, 11) is 0. The molecule has 0 saturated heterocycles. The van der Waals surface area contributed by atoms with Crippen LogP contribution in [0.4, 0.5) is 24.5 Å². The van der Waals surface area contributed by atoms with Crippen molar-refractivity contribution in [1.29, 1.82) is 5.26 Å². The Morgan fingerprint density at radius 1 is 1.16 bits per heavy atom. The third kappa shape index (κ3) is 6.30. The van der Waals surface area contributed by atoms with Gasteiger partial charge in [0.2, 0.25) is 0 Å². The summed E-state index contributed by atoms with van der Waals surface area (Å²) in [4.78, 5) is 4.37. The number of nitrogens with zero attached hydrogens (tertiary/aromatic N) is 5. The average molecular weight is 528 g/mol. The number of alkyl halides is 2. The van der Waals surface area contributed by atoms with E-state index in [0.717, 1.165) is 4.68 Å². The highest BCUT2D eigenvalue weighted by molar-refractivity contribution is 6.35. The summed E-state index contributed by atoms with van der Waals surface area (Å²) in [6, 6.07) is 10.8. The van der Waals surface area contributed by atoms with E-state index in [0.29, 0.717) is 50.7 Å². The quantitative estimate of drug-likeness (QED) is 0.275. The van der Waals surface area contributed by atoms with Gasteiger partial charge in [-0.05, 0) is 35.2 Å². The van der Waals surface area contributed by atoms with E-state index in [4.69, 9.17) is 11.6 Å². The van der Waals surface area contributed by atoms with Gasteiger partial charge in [-0.25, -0.2) is 17.9 Å². The van der Waals surface area contributed by atoms with Gasteiger partial charge in [-0.3, -0.25) is 4.98 Å². The van der Waals surface area contributed by atoms with Crippen molar-refractivity contribution in [2.45, 2.75) is 39.8 Å². The fourth-order valence-corrected chi connectivity index (χ4v) is 4.07. The topological polar surface area (TPSA) is 91.5 Å². The lowest BCUT2D eigenvalue weighted by molar-refractivity contribution is 0.121. The molecule has 0 fully saturated rings. The normalized spacial score (nSPS) is 12.5. The first-order chi connectivity index (χ1) is 17.5. The minimum Gasteiger partial charge on any atom is -0.383 e. The molecule has 1 atom stereocenters. The molecule has 0 bridgehead atoms. The molecule has 2 aromatic heterocycles. The van der Waals surface area contributed by atoms with Crippen molar-refractivity contribution >= 4 is 33.9 Å². The summed E-state index contributed by atoms with van der Waals surface area (Å²) in [6.07, 6.45) is 0.308. The number of benzene rings is 2. The van der Waals surface area contributed by atoms with Crippen LogP contribution in [0.15, 0.2) is 48.8 Å². The molecule has 2 heterocycles. The van der Waals surface area contributed by atoms with Gasteiger partial charge >= 0.3 is 0 Å². The Labute approximate surface area is 217 Å². The second-order valence-corrected chi connectivity index (χ2v) is 10.2. The molecule has 0 radical (unpaired) electrons. The van der Waals surface area contributed by atoms with Crippen LogP contribution in [0.5, 0.6) is 0 Å². The number of nitriles is 1. The fraction of sp³-hybridized carbons (Fsp3) is 0.308. The van der Waals surface area contributed by atoms with E-state index in [2.05, 4.69) is 52.8 Å². The summed E-state index contributed by atoms with van der Waals surface area (Å²) >= 11 is 6.60. The average Bonchev–Trinajstić information content (AvgIpc) is 3.28. The number of hydrogen-bond acceptors (Lipinski definition) is 6. The molecule has 4 aromatic rings. The molecule has 2 N–H and O–H groups in total. The van der Waals surface area contributed by atoms with Gasteiger partial charge in [0, 0.05) is 23.8 Å². The predicted molar refractivity (Wildman–Crippen MR) is 137 cm³/mol. The number of aromatic nitrogens is 4. The van der Waals surface area contributed by atoms with Crippen molar-refractivity contribution in [2.24, 2.45) is 5.41 Å². The summed E-state index contributed by atoms with van der Waals surface area (Å²) in [6.45, 7) is 6.22. The molecule has 1 unspecified atom stereocenters. The molecule has 7 nitrogen and oxygen atoms in total. The van der Waals surface area contributed by atoms with Crippen molar-refractivity contribution in [2.75, 3.05) is 17.2 Å². The zero-order valence-corrected chi connectivity index (χ0v) is 21.2. The van der Waals surface area contributed by atoms with E-state index >= 15 is 0 Å². The highest BCUT2D eigenvalue weighted by Crippen LogP contribution is 2.36. The maximum atomic E-state index is 13.6. The second kappa shape index (κ2) is 10.6. The lowest BCUT2D eigenvalue weighted by atomic mass is 9.96. The third-order valence-electron chi connectivity index (χ3n) is 5.53. The Bertz CT molecular complexity index is 1440. The molecule has 0 aliphatic carbocycles. The largest absolute Gasteiger partial charge is 0.383 e. The van der Waals surface area contributed by atoms with Crippen molar-refractivity contribution in [1.82, 2.24) is 20.0 Å². The van der Waals surface area contributed by atoms with E-state index < -0.39 is 24.8 Å². The van der Waals surface area contributed by atoms with Gasteiger partial charge < -0.3 is 10.6 Å². The third-order valence-corrected chi connectivity index (χ3v) is 5.82. The van der Waals surface area contributed by atoms with Crippen LogP contribution in [0.25, 0.3) is 10.9 Å². The molecule has 37 heavy (non-hydrogen) atoms. The summed E-state index contributed by atoms with van der Waals surface area (Å²) in [5.41, 5.74) is 2.99. The molecule has 2 aromatic carbocycles. The number of rotatable bonds is 8. The van der Waals surface area contributed by atoms with E-state index in [1.54, 1.807) is 24.3 Å². The van der Waals surface area contributed by atoms with Gasteiger partial charge in [0.15, 0.2) is 0 Å². The Balaban J connectivity index is 1.79. The zero-order valence-electron chi connectivity index (χ0n) is 20.4. The zero-order chi connectivity index (χ0) is 26.7. The Morgan fingerprint density at radius 2 is 1.89 bits per heavy atom. The van der Waals surface area contributed by atoms with Crippen LogP contribution in [0, 0.1) is 22.6 Å². The number of fused-ring (bicyclic) bond motifs is 1. The van der Waals surface area contributed by atoms with Gasteiger partial charge in [0.05, 0.1) is 34.0 Å². The van der Waals surface area contributed by atoms with Gasteiger partial charge in [-0.2, -0.15) is 5.26 Å². The molecule has 192 valence electrons.